The van der Waals surface area contributed by atoms with Crippen LogP contribution in [0.2, 0.25) is 0 Å². The smallest absolute Gasteiger partial charge is 0.341 e. The maximum Gasteiger partial charge on any atom is 0.341 e. The molecule has 0 amide bonds. The summed E-state index contributed by atoms with van der Waals surface area (Å²) in [6.07, 6.45) is -0.805. The average Bonchev–Trinajstić information content (AvgIpc) is 3.09. The number of rotatable bonds is 2. The first-order valence-electron chi connectivity index (χ1n) is 6.53. The summed E-state index contributed by atoms with van der Waals surface area (Å²) >= 11 is 0. The highest BCUT2D eigenvalue weighted by atomic mass is 16.7. The third-order valence-corrected chi connectivity index (χ3v) is 4.05. The van der Waals surface area contributed by atoms with Crippen molar-refractivity contribution in [1.82, 2.24) is 0 Å². The van der Waals surface area contributed by atoms with Crippen molar-refractivity contribution in [2.45, 2.75) is 24.7 Å². The Labute approximate surface area is 119 Å². The van der Waals surface area contributed by atoms with E-state index in [-0.39, 0.29) is 12.1 Å². The summed E-state index contributed by atoms with van der Waals surface area (Å²) in [6.45, 7) is 1.71. The molecule has 2 saturated heterocycles. The first kappa shape index (κ1) is 12.4. The van der Waals surface area contributed by atoms with Crippen molar-refractivity contribution >= 4 is 16.9 Å². The Morgan fingerprint density at radius 1 is 1.24 bits per heavy atom. The van der Waals surface area contributed by atoms with Gasteiger partial charge in [-0.15, -0.1) is 0 Å². The normalized spacial score (nSPS) is 30.1. The minimum Gasteiger partial charge on any atom is -0.496 e. The standard InChI is InChI=1S/C15H12O6/c1-15-13(21-15)12(20-14(15)17)8-5-7-3-4-11(16)19-9(7)6-10(8)18-2/h3-6,12-13H,1-2H3/t12?,13?,15-/m1/s1. The van der Waals surface area contributed by atoms with Gasteiger partial charge < -0.3 is 18.6 Å². The van der Waals surface area contributed by atoms with Gasteiger partial charge in [0.25, 0.3) is 0 Å². The number of ether oxygens (including phenoxy) is 3. The summed E-state index contributed by atoms with van der Waals surface area (Å²) in [7, 11) is 1.51. The molecular formula is C15H12O6. The Morgan fingerprint density at radius 2 is 2.05 bits per heavy atom. The van der Waals surface area contributed by atoms with Crippen LogP contribution >= 0.6 is 0 Å². The molecule has 2 aromatic rings. The van der Waals surface area contributed by atoms with Gasteiger partial charge in [-0.1, -0.05) is 0 Å². The lowest BCUT2D eigenvalue weighted by Crippen LogP contribution is -2.17. The van der Waals surface area contributed by atoms with Crippen LogP contribution in [0.3, 0.4) is 0 Å². The van der Waals surface area contributed by atoms with E-state index in [1.54, 1.807) is 25.1 Å². The van der Waals surface area contributed by atoms with Crippen LogP contribution < -0.4 is 10.4 Å². The molecule has 2 aliphatic rings. The number of cyclic esters (lactones) is 1. The third kappa shape index (κ3) is 1.62. The number of benzene rings is 1. The van der Waals surface area contributed by atoms with Crippen molar-refractivity contribution < 1.29 is 23.4 Å². The van der Waals surface area contributed by atoms with E-state index in [2.05, 4.69) is 0 Å². The van der Waals surface area contributed by atoms with Crippen molar-refractivity contribution in [3.63, 3.8) is 0 Å². The van der Waals surface area contributed by atoms with E-state index < -0.39 is 17.3 Å². The van der Waals surface area contributed by atoms with E-state index in [1.807, 2.05) is 0 Å². The van der Waals surface area contributed by atoms with Crippen molar-refractivity contribution in [2.24, 2.45) is 0 Å². The summed E-state index contributed by atoms with van der Waals surface area (Å²) in [6, 6.07) is 6.42. The Bertz CT molecular complexity index is 823. The van der Waals surface area contributed by atoms with Crippen LogP contribution in [0.5, 0.6) is 5.75 Å². The summed E-state index contributed by atoms with van der Waals surface area (Å²) in [4.78, 5) is 23.1. The molecule has 0 aliphatic carbocycles. The van der Waals surface area contributed by atoms with Crippen molar-refractivity contribution in [1.29, 1.82) is 0 Å². The first-order valence-corrected chi connectivity index (χ1v) is 6.53. The van der Waals surface area contributed by atoms with Gasteiger partial charge in [0.2, 0.25) is 0 Å². The number of epoxide rings is 1. The third-order valence-electron chi connectivity index (χ3n) is 4.05. The van der Waals surface area contributed by atoms with Crippen LogP contribution in [-0.4, -0.2) is 24.8 Å². The highest BCUT2D eigenvalue weighted by Crippen LogP contribution is 2.54. The molecule has 2 aliphatic heterocycles. The Kier molecular flexibility index (Phi) is 2.28. The molecule has 1 aromatic carbocycles. The minimum absolute atomic E-state index is 0.299. The zero-order chi connectivity index (χ0) is 14.8. The van der Waals surface area contributed by atoms with Gasteiger partial charge in [-0.2, -0.15) is 0 Å². The van der Waals surface area contributed by atoms with Crippen molar-refractivity contribution in [3.8, 4) is 5.75 Å². The van der Waals surface area contributed by atoms with Gasteiger partial charge in [-0.05, 0) is 19.1 Å². The second-order valence-electron chi connectivity index (χ2n) is 5.36. The number of hydrogen-bond donors (Lipinski definition) is 0. The number of esters is 1. The fourth-order valence-corrected chi connectivity index (χ4v) is 2.78. The van der Waals surface area contributed by atoms with Crippen molar-refractivity contribution in [2.75, 3.05) is 7.11 Å². The van der Waals surface area contributed by atoms with Crippen LogP contribution in [0, 0.1) is 0 Å². The van der Waals surface area contributed by atoms with Gasteiger partial charge in [0.05, 0.1) is 7.11 Å². The topological polar surface area (TPSA) is 78.3 Å². The average molecular weight is 288 g/mol. The predicted molar refractivity (Wildman–Crippen MR) is 71.1 cm³/mol. The highest BCUT2D eigenvalue weighted by Gasteiger charge is 2.70. The molecule has 6 heteroatoms. The van der Waals surface area contributed by atoms with E-state index in [0.29, 0.717) is 16.9 Å². The van der Waals surface area contributed by atoms with Crippen LogP contribution in [0.15, 0.2) is 33.5 Å². The van der Waals surface area contributed by atoms with Crippen molar-refractivity contribution in [3.05, 3.63) is 40.2 Å². The quantitative estimate of drug-likeness (QED) is 0.474. The largest absolute Gasteiger partial charge is 0.496 e. The van der Waals surface area contributed by atoms with Crippen LogP contribution in [-0.2, 0) is 14.3 Å². The SMILES string of the molecule is COc1cc2oc(=O)ccc2cc1C1OC(=O)[C@]2(C)OC12. The summed E-state index contributed by atoms with van der Waals surface area (Å²) in [5, 5.41) is 0.732. The molecule has 0 N–H and O–H groups in total. The molecule has 0 radical (unpaired) electrons. The molecular weight excluding hydrogens is 276 g/mol. The van der Waals surface area contributed by atoms with E-state index >= 15 is 0 Å². The Morgan fingerprint density at radius 3 is 2.67 bits per heavy atom. The van der Waals surface area contributed by atoms with Crippen LogP contribution in [0.25, 0.3) is 11.0 Å². The predicted octanol–water partition coefficient (Wildman–Crippen LogP) is 1.56. The molecule has 2 fully saturated rings. The highest BCUT2D eigenvalue weighted by molar-refractivity contribution is 5.87. The molecule has 0 bridgehead atoms. The molecule has 2 unspecified atom stereocenters. The van der Waals surface area contributed by atoms with Crippen LogP contribution in [0.4, 0.5) is 0 Å². The van der Waals surface area contributed by atoms with Gasteiger partial charge in [-0.3, -0.25) is 0 Å². The maximum atomic E-state index is 11.8. The van der Waals surface area contributed by atoms with E-state index in [0.717, 1.165) is 5.39 Å². The number of carbonyl (C=O) groups excluding carboxylic acids is 1. The molecule has 1 aromatic heterocycles. The van der Waals surface area contributed by atoms with Gasteiger partial charge in [0, 0.05) is 23.1 Å². The second kappa shape index (κ2) is 3.85. The summed E-state index contributed by atoms with van der Waals surface area (Å²) in [5.74, 6) is 0.133. The van der Waals surface area contributed by atoms with Gasteiger partial charge >= 0.3 is 11.6 Å². The lowest BCUT2D eigenvalue weighted by atomic mass is 9.99. The summed E-state index contributed by atoms with van der Waals surface area (Å²) < 4.78 is 21.3. The lowest BCUT2D eigenvalue weighted by molar-refractivity contribution is -0.153. The zero-order valence-corrected chi connectivity index (χ0v) is 11.4. The number of methoxy groups -OCH3 is 1. The van der Waals surface area contributed by atoms with E-state index in [9.17, 15) is 9.59 Å². The van der Waals surface area contributed by atoms with E-state index in [1.165, 1.54) is 13.2 Å². The molecule has 6 nitrogen and oxygen atoms in total. The molecule has 3 atom stereocenters. The van der Waals surface area contributed by atoms with E-state index in [4.69, 9.17) is 18.6 Å². The van der Waals surface area contributed by atoms with Gasteiger partial charge in [0.15, 0.2) is 11.7 Å². The molecule has 108 valence electrons. The molecule has 0 spiro atoms. The lowest BCUT2D eigenvalue weighted by Gasteiger charge is -2.16. The first-order chi connectivity index (χ1) is 10.0. The van der Waals surface area contributed by atoms with Crippen LogP contribution in [0.1, 0.15) is 18.6 Å². The van der Waals surface area contributed by atoms with Gasteiger partial charge in [0.1, 0.15) is 17.4 Å². The monoisotopic (exact) mass is 288 g/mol. The number of hydrogen-bond acceptors (Lipinski definition) is 6. The fraction of sp³-hybridized carbons (Fsp3) is 0.333. The molecule has 21 heavy (non-hydrogen) atoms. The number of carbonyl (C=O) groups is 1. The zero-order valence-electron chi connectivity index (χ0n) is 11.4. The molecule has 0 saturated carbocycles. The fourth-order valence-electron chi connectivity index (χ4n) is 2.78. The molecule has 3 heterocycles. The molecule has 4 rings (SSSR count). The second-order valence-corrected chi connectivity index (χ2v) is 5.36. The maximum absolute atomic E-state index is 11.8. The minimum atomic E-state index is -0.839. The summed E-state index contributed by atoms with van der Waals surface area (Å²) in [5.41, 5.74) is -0.138. The Balaban J connectivity index is 1.87. The number of fused-ring (bicyclic) bond motifs is 2. The Hall–Kier alpha value is -2.34. The van der Waals surface area contributed by atoms with Gasteiger partial charge in [-0.25, -0.2) is 9.59 Å².